The van der Waals surface area contributed by atoms with E-state index in [4.69, 9.17) is 5.26 Å². The number of nitrogens with one attached hydrogen (secondary N) is 1. The van der Waals surface area contributed by atoms with Gasteiger partial charge in [-0.2, -0.15) is 5.26 Å². The number of benzene rings is 1. The standard InChI is InChI=1S/C17H24N4O/c1-20(2)11-12-21(16-5-3-4-6-16)17(22)19-15-9-7-14(13-18)8-10-15/h7-10,16H,3-6,11-12H2,1-2H3,(H,19,22). The molecule has 118 valence electrons. The smallest absolute Gasteiger partial charge is 0.320 e. The van der Waals surface area contributed by atoms with Crippen molar-refractivity contribution >= 4 is 11.7 Å². The van der Waals surface area contributed by atoms with E-state index in [-0.39, 0.29) is 6.03 Å². The fourth-order valence-electron chi connectivity index (χ4n) is 2.80. The van der Waals surface area contributed by atoms with Gasteiger partial charge in [-0.3, -0.25) is 0 Å². The Hall–Kier alpha value is -2.06. The third-order valence-corrected chi connectivity index (χ3v) is 4.08. The molecular formula is C17H24N4O. The summed E-state index contributed by atoms with van der Waals surface area (Å²) in [6.45, 7) is 1.59. The number of carbonyl (C=O) groups is 1. The van der Waals surface area contributed by atoms with Crippen LogP contribution in [0.3, 0.4) is 0 Å². The van der Waals surface area contributed by atoms with Crippen molar-refractivity contribution in [1.82, 2.24) is 9.80 Å². The SMILES string of the molecule is CN(C)CCN(C(=O)Nc1ccc(C#N)cc1)C1CCCC1. The van der Waals surface area contributed by atoms with Gasteiger partial charge >= 0.3 is 6.03 Å². The van der Waals surface area contributed by atoms with Crippen molar-refractivity contribution in [2.75, 3.05) is 32.5 Å². The molecule has 0 aromatic heterocycles. The van der Waals surface area contributed by atoms with Crippen LogP contribution in [0.2, 0.25) is 0 Å². The molecular weight excluding hydrogens is 276 g/mol. The molecule has 1 fully saturated rings. The minimum Gasteiger partial charge on any atom is -0.320 e. The van der Waals surface area contributed by atoms with Crippen LogP contribution in [0.1, 0.15) is 31.2 Å². The summed E-state index contributed by atoms with van der Waals surface area (Å²) in [7, 11) is 4.04. The molecule has 2 rings (SSSR count). The lowest BCUT2D eigenvalue weighted by Crippen LogP contribution is -2.44. The van der Waals surface area contributed by atoms with E-state index < -0.39 is 0 Å². The molecule has 1 aliphatic carbocycles. The van der Waals surface area contributed by atoms with E-state index in [0.29, 0.717) is 11.6 Å². The van der Waals surface area contributed by atoms with Crippen molar-refractivity contribution < 1.29 is 4.79 Å². The number of carbonyl (C=O) groups excluding carboxylic acids is 1. The number of anilines is 1. The first kappa shape index (κ1) is 16.3. The van der Waals surface area contributed by atoms with Crippen molar-refractivity contribution in [3.63, 3.8) is 0 Å². The summed E-state index contributed by atoms with van der Waals surface area (Å²) in [5, 5.41) is 11.8. The van der Waals surface area contributed by atoms with Gasteiger partial charge in [-0.05, 0) is 51.2 Å². The molecule has 0 unspecified atom stereocenters. The van der Waals surface area contributed by atoms with E-state index >= 15 is 0 Å². The van der Waals surface area contributed by atoms with Gasteiger partial charge in [0, 0.05) is 24.8 Å². The molecule has 0 heterocycles. The zero-order chi connectivity index (χ0) is 15.9. The van der Waals surface area contributed by atoms with Gasteiger partial charge in [0.2, 0.25) is 0 Å². The zero-order valence-electron chi connectivity index (χ0n) is 13.4. The molecule has 0 aliphatic heterocycles. The summed E-state index contributed by atoms with van der Waals surface area (Å²) in [4.78, 5) is 16.7. The van der Waals surface area contributed by atoms with E-state index in [1.807, 2.05) is 19.0 Å². The average Bonchev–Trinajstić information content (AvgIpc) is 3.02. The first-order valence-electron chi connectivity index (χ1n) is 7.82. The van der Waals surface area contributed by atoms with E-state index in [9.17, 15) is 4.79 Å². The summed E-state index contributed by atoms with van der Waals surface area (Å²) >= 11 is 0. The maximum atomic E-state index is 12.6. The molecule has 0 bridgehead atoms. The topological polar surface area (TPSA) is 59.4 Å². The molecule has 1 N–H and O–H groups in total. The van der Waals surface area contributed by atoms with Crippen molar-refractivity contribution in [3.8, 4) is 6.07 Å². The Labute approximate surface area is 132 Å². The van der Waals surface area contributed by atoms with Crippen LogP contribution in [-0.4, -0.2) is 49.1 Å². The highest BCUT2D eigenvalue weighted by Gasteiger charge is 2.26. The van der Waals surface area contributed by atoms with Crippen LogP contribution in [0.5, 0.6) is 0 Å². The summed E-state index contributed by atoms with van der Waals surface area (Å²) in [6.07, 6.45) is 4.59. The Morgan fingerprint density at radius 3 is 2.41 bits per heavy atom. The van der Waals surface area contributed by atoms with Crippen LogP contribution in [-0.2, 0) is 0 Å². The van der Waals surface area contributed by atoms with Gasteiger partial charge in [0.15, 0.2) is 0 Å². The van der Waals surface area contributed by atoms with E-state index in [2.05, 4.69) is 16.3 Å². The van der Waals surface area contributed by atoms with Crippen molar-refractivity contribution in [3.05, 3.63) is 29.8 Å². The molecule has 0 atom stereocenters. The molecule has 1 saturated carbocycles. The molecule has 1 aliphatic rings. The maximum Gasteiger partial charge on any atom is 0.322 e. The van der Waals surface area contributed by atoms with Gasteiger partial charge < -0.3 is 15.1 Å². The van der Waals surface area contributed by atoms with Crippen LogP contribution < -0.4 is 5.32 Å². The van der Waals surface area contributed by atoms with Crippen LogP contribution in [0.15, 0.2) is 24.3 Å². The molecule has 5 nitrogen and oxygen atoms in total. The maximum absolute atomic E-state index is 12.6. The fourth-order valence-corrected chi connectivity index (χ4v) is 2.80. The summed E-state index contributed by atoms with van der Waals surface area (Å²) in [5.74, 6) is 0. The second-order valence-corrected chi connectivity index (χ2v) is 6.05. The second kappa shape index (κ2) is 7.81. The predicted octanol–water partition coefficient (Wildman–Crippen LogP) is 2.90. The highest BCUT2D eigenvalue weighted by molar-refractivity contribution is 5.89. The van der Waals surface area contributed by atoms with Crippen LogP contribution in [0.4, 0.5) is 10.5 Å². The average molecular weight is 300 g/mol. The fraction of sp³-hybridized carbons (Fsp3) is 0.529. The van der Waals surface area contributed by atoms with Gasteiger partial charge in [-0.25, -0.2) is 4.79 Å². The zero-order valence-corrected chi connectivity index (χ0v) is 13.4. The number of likely N-dealkylation sites (N-methyl/N-ethyl adjacent to an activating group) is 1. The van der Waals surface area contributed by atoms with Crippen LogP contribution in [0, 0.1) is 11.3 Å². The van der Waals surface area contributed by atoms with Crippen LogP contribution in [0.25, 0.3) is 0 Å². The van der Waals surface area contributed by atoms with Crippen molar-refractivity contribution in [1.29, 1.82) is 5.26 Å². The Kier molecular flexibility index (Phi) is 5.79. The van der Waals surface area contributed by atoms with Gasteiger partial charge in [0.25, 0.3) is 0 Å². The Balaban J connectivity index is 2.01. The normalized spacial score (nSPS) is 14.8. The molecule has 1 aromatic carbocycles. The summed E-state index contributed by atoms with van der Waals surface area (Å²) < 4.78 is 0. The summed E-state index contributed by atoms with van der Waals surface area (Å²) in [6, 6.07) is 9.36. The molecule has 0 radical (unpaired) electrons. The Bertz CT molecular complexity index is 527. The molecule has 0 saturated heterocycles. The lowest BCUT2D eigenvalue weighted by atomic mass is 10.2. The van der Waals surface area contributed by atoms with E-state index in [0.717, 1.165) is 31.6 Å². The highest BCUT2D eigenvalue weighted by atomic mass is 16.2. The van der Waals surface area contributed by atoms with Crippen molar-refractivity contribution in [2.24, 2.45) is 0 Å². The van der Waals surface area contributed by atoms with Gasteiger partial charge in [-0.15, -0.1) is 0 Å². The van der Waals surface area contributed by atoms with E-state index in [1.54, 1.807) is 24.3 Å². The largest absolute Gasteiger partial charge is 0.322 e. The third-order valence-electron chi connectivity index (χ3n) is 4.08. The van der Waals surface area contributed by atoms with Crippen LogP contribution >= 0.6 is 0 Å². The number of hydrogen-bond acceptors (Lipinski definition) is 3. The minimum atomic E-state index is -0.0431. The summed E-state index contributed by atoms with van der Waals surface area (Å²) in [5.41, 5.74) is 1.33. The lowest BCUT2D eigenvalue weighted by molar-refractivity contribution is 0.180. The monoisotopic (exact) mass is 300 g/mol. The van der Waals surface area contributed by atoms with Crippen molar-refractivity contribution in [2.45, 2.75) is 31.7 Å². The molecule has 0 spiro atoms. The Morgan fingerprint density at radius 1 is 1.23 bits per heavy atom. The first-order chi connectivity index (χ1) is 10.6. The Morgan fingerprint density at radius 2 is 1.86 bits per heavy atom. The number of nitrogens with zero attached hydrogens (tertiary/aromatic N) is 3. The number of nitriles is 1. The number of hydrogen-bond donors (Lipinski definition) is 1. The van der Waals surface area contributed by atoms with Gasteiger partial charge in [0.05, 0.1) is 11.6 Å². The first-order valence-corrected chi connectivity index (χ1v) is 7.82. The second-order valence-electron chi connectivity index (χ2n) is 6.05. The third kappa shape index (κ3) is 4.47. The minimum absolute atomic E-state index is 0.0431. The number of amides is 2. The predicted molar refractivity (Wildman–Crippen MR) is 87.7 cm³/mol. The molecule has 5 heteroatoms. The molecule has 22 heavy (non-hydrogen) atoms. The number of rotatable bonds is 5. The van der Waals surface area contributed by atoms with Gasteiger partial charge in [0.1, 0.15) is 0 Å². The molecule has 2 amide bonds. The van der Waals surface area contributed by atoms with E-state index in [1.165, 1.54) is 12.8 Å². The quantitative estimate of drug-likeness (QED) is 0.909. The lowest BCUT2D eigenvalue weighted by Gasteiger charge is -2.30. The molecule has 1 aromatic rings. The number of urea groups is 1. The van der Waals surface area contributed by atoms with Gasteiger partial charge in [-0.1, -0.05) is 12.8 Å². The highest BCUT2D eigenvalue weighted by Crippen LogP contribution is 2.24.